The molecule has 16 heavy (non-hydrogen) atoms. The fourth-order valence-electron chi connectivity index (χ4n) is 1.54. The lowest BCUT2D eigenvalue weighted by Crippen LogP contribution is -2.08. The molecule has 0 saturated carbocycles. The highest BCUT2D eigenvalue weighted by Crippen LogP contribution is 2.17. The second-order valence-electron chi connectivity index (χ2n) is 3.51. The molecule has 0 radical (unpaired) electrons. The van der Waals surface area contributed by atoms with Crippen molar-refractivity contribution in [2.75, 3.05) is 5.32 Å². The number of aryl methyl sites for hydroxylation is 1. The van der Waals surface area contributed by atoms with Gasteiger partial charge in [-0.3, -0.25) is 4.79 Å². The minimum absolute atomic E-state index is 0.162. The number of imidazole rings is 1. The summed E-state index contributed by atoms with van der Waals surface area (Å²) in [6, 6.07) is 0. The fourth-order valence-corrected chi connectivity index (χ4v) is 1.54. The van der Waals surface area contributed by atoms with E-state index >= 15 is 0 Å². The predicted octanol–water partition coefficient (Wildman–Crippen LogP) is 1.19. The zero-order valence-electron chi connectivity index (χ0n) is 9.27. The van der Waals surface area contributed by atoms with E-state index < -0.39 is 0 Å². The Kier molecular flexibility index (Phi) is 2.80. The zero-order valence-corrected chi connectivity index (χ0v) is 9.27. The first-order valence-corrected chi connectivity index (χ1v) is 5.15. The lowest BCUT2D eigenvalue weighted by molar-refractivity contribution is -0.114. The second-order valence-corrected chi connectivity index (χ2v) is 3.51. The number of carbonyl (C=O) groups excluding carboxylic acids is 1. The smallest absolute Gasteiger partial charge is 0.222 e. The van der Waals surface area contributed by atoms with Crippen LogP contribution in [0.2, 0.25) is 0 Å². The van der Waals surface area contributed by atoms with Crippen molar-refractivity contribution in [2.24, 2.45) is 0 Å². The standard InChI is InChI=1S/C10H13N5O/c1-3-4-15-6-13-8-9(14-7(2)16)11-5-12-10(8)15/h5-6H,3-4H2,1-2H3,(H,11,12,14,16). The van der Waals surface area contributed by atoms with Gasteiger partial charge in [-0.05, 0) is 6.42 Å². The summed E-state index contributed by atoms with van der Waals surface area (Å²) >= 11 is 0. The molecule has 2 aromatic heterocycles. The molecule has 2 rings (SSSR count). The highest BCUT2D eigenvalue weighted by atomic mass is 16.1. The molecule has 1 N–H and O–H groups in total. The van der Waals surface area contributed by atoms with E-state index in [0.29, 0.717) is 11.3 Å². The van der Waals surface area contributed by atoms with Crippen LogP contribution in [-0.2, 0) is 11.3 Å². The Bertz CT molecular complexity index is 519. The Balaban J connectivity index is 2.48. The van der Waals surface area contributed by atoms with Gasteiger partial charge < -0.3 is 9.88 Å². The van der Waals surface area contributed by atoms with Crippen LogP contribution in [0.1, 0.15) is 20.3 Å². The first-order chi connectivity index (χ1) is 7.72. The molecule has 84 valence electrons. The number of fused-ring (bicyclic) bond motifs is 1. The van der Waals surface area contributed by atoms with Crippen molar-refractivity contribution >= 4 is 22.9 Å². The quantitative estimate of drug-likeness (QED) is 0.841. The Labute approximate surface area is 92.7 Å². The predicted molar refractivity (Wildman–Crippen MR) is 59.9 cm³/mol. The van der Waals surface area contributed by atoms with Gasteiger partial charge in [-0.15, -0.1) is 0 Å². The highest BCUT2D eigenvalue weighted by molar-refractivity contribution is 5.95. The van der Waals surface area contributed by atoms with Gasteiger partial charge in [0.15, 0.2) is 17.0 Å². The number of nitrogens with one attached hydrogen (secondary N) is 1. The third-order valence-electron chi connectivity index (χ3n) is 2.16. The number of hydrogen-bond acceptors (Lipinski definition) is 4. The Morgan fingerprint density at radius 3 is 2.94 bits per heavy atom. The van der Waals surface area contributed by atoms with E-state index in [9.17, 15) is 4.79 Å². The maximum atomic E-state index is 11.0. The van der Waals surface area contributed by atoms with Gasteiger partial charge >= 0.3 is 0 Å². The Morgan fingerprint density at radius 1 is 1.44 bits per heavy atom. The summed E-state index contributed by atoms with van der Waals surface area (Å²) in [4.78, 5) is 23.4. The van der Waals surface area contributed by atoms with E-state index in [2.05, 4.69) is 27.2 Å². The summed E-state index contributed by atoms with van der Waals surface area (Å²) in [5.74, 6) is 0.303. The topological polar surface area (TPSA) is 72.7 Å². The minimum Gasteiger partial charge on any atom is -0.315 e. The summed E-state index contributed by atoms with van der Waals surface area (Å²) < 4.78 is 1.95. The number of amides is 1. The normalized spacial score (nSPS) is 10.6. The molecular formula is C10H13N5O. The molecule has 2 heterocycles. The van der Waals surface area contributed by atoms with Gasteiger partial charge in [0.1, 0.15) is 6.33 Å². The molecule has 6 nitrogen and oxygen atoms in total. The molecule has 0 bridgehead atoms. The van der Waals surface area contributed by atoms with E-state index in [1.54, 1.807) is 6.33 Å². The molecule has 0 aromatic carbocycles. The van der Waals surface area contributed by atoms with Crippen LogP contribution >= 0.6 is 0 Å². The monoisotopic (exact) mass is 219 g/mol. The summed E-state index contributed by atoms with van der Waals surface area (Å²) in [5, 5.41) is 2.64. The van der Waals surface area contributed by atoms with E-state index in [4.69, 9.17) is 0 Å². The van der Waals surface area contributed by atoms with Crippen LogP contribution in [0, 0.1) is 0 Å². The molecule has 0 aliphatic rings. The zero-order chi connectivity index (χ0) is 11.5. The number of anilines is 1. The summed E-state index contributed by atoms with van der Waals surface area (Å²) in [5.41, 5.74) is 1.38. The Morgan fingerprint density at radius 2 is 2.25 bits per heavy atom. The average Bonchev–Trinajstić information content (AvgIpc) is 2.63. The summed E-state index contributed by atoms with van der Waals surface area (Å²) in [6.07, 6.45) is 4.15. The van der Waals surface area contributed by atoms with E-state index in [0.717, 1.165) is 18.6 Å². The Hall–Kier alpha value is -1.98. The van der Waals surface area contributed by atoms with Gasteiger partial charge in [0, 0.05) is 13.5 Å². The maximum Gasteiger partial charge on any atom is 0.222 e. The molecule has 1 amide bonds. The molecule has 0 spiro atoms. The lowest BCUT2D eigenvalue weighted by Gasteiger charge is -2.02. The van der Waals surface area contributed by atoms with Crippen molar-refractivity contribution in [1.29, 1.82) is 0 Å². The average molecular weight is 219 g/mol. The van der Waals surface area contributed by atoms with Crippen molar-refractivity contribution in [3.63, 3.8) is 0 Å². The number of rotatable bonds is 3. The van der Waals surface area contributed by atoms with Crippen LogP contribution in [0.25, 0.3) is 11.2 Å². The number of nitrogens with zero attached hydrogens (tertiary/aromatic N) is 4. The van der Waals surface area contributed by atoms with Gasteiger partial charge in [-0.1, -0.05) is 6.92 Å². The number of aromatic nitrogens is 4. The molecule has 0 aliphatic heterocycles. The van der Waals surface area contributed by atoms with E-state index in [1.807, 2.05) is 4.57 Å². The van der Waals surface area contributed by atoms with Gasteiger partial charge in [0.2, 0.25) is 5.91 Å². The molecule has 0 saturated heterocycles. The van der Waals surface area contributed by atoms with E-state index in [-0.39, 0.29) is 5.91 Å². The largest absolute Gasteiger partial charge is 0.315 e. The molecule has 0 atom stereocenters. The third-order valence-corrected chi connectivity index (χ3v) is 2.16. The molecular weight excluding hydrogens is 206 g/mol. The summed E-state index contributed by atoms with van der Waals surface area (Å²) in [6.45, 7) is 4.38. The first kappa shape index (κ1) is 10.5. The third kappa shape index (κ3) is 1.86. The van der Waals surface area contributed by atoms with Crippen molar-refractivity contribution in [2.45, 2.75) is 26.8 Å². The van der Waals surface area contributed by atoms with Crippen molar-refractivity contribution in [3.8, 4) is 0 Å². The molecule has 2 aromatic rings. The molecule has 6 heteroatoms. The molecule has 0 unspecified atom stereocenters. The van der Waals surface area contributed by atoms with Gasteiger partial charge in [0.05, 0.1) is 6.33 Å². The van der Waals surface area contributed by atoms with Crippen LogP contribution < -0.4 is 5.32 Å². The fraction of sp³-hybridized carbons (Fsp3) is 0.400. The van der Waals surface area contributed by atoms with Crippen molar-refractivity contribution in [3.05, 3.63) is 12.7 Å². The van der Waals surface area contributed by atoms with Crippen LogP contribution in [-0.4, -0.2) is 25.4 Å². The first-order valence-electron chi connectivity index (χ1n) is 5.15. The SMILES string of the molecule is CCCn1cnc2c(NC(C)=O)ncnc21. The van der Waals surface area contributed by atoms with E-state index in [1.165, 1.54) is 13.3 Å². The number of carbonyl (C=O) groups is 1. The van der Waals surface area contributed by atoms with Crippen molar-refractivity contribution < 1.29 is 4.79 Å². The van der Waals surface area contributed by atoms with Crippen LogP contribution in [0.5, 0.6) is 0 Å². The highest BCUT2D eigenvalue weighted by Gasteiger charge is 2.09. The van der Waals surface area contributed by atoms with Crippen LogP contribution in [0.15, 0.2) is 12.7 Å². The minimum atomic E-state index is -0.162. The number of hydrogen-bond donors (Lipinski definition) is 1. The van der Waals surface area contributed by atoms with Gasteiger partial charge in [0.25, 0.3) is 0 Å². The van der Waals surface area contributed by atoms with Crippen molar-refractivity contribution in [1.82, 2.24) is 19.5 Å². The lowest BCUT2D eigenvalue weighted by atomic mass is 10.4. The second kappa shape index (κ2) is 4.26. The van der Waals surface area contributed by atoms with Crippen LogP contribution in [0.4, 0.5) is 5.82 Å². The van der Waals surface area contributed by atoms with Gasteiger partial charge in [-0.2, -0.15) is 0 Å². The van der Waals surface area contributed by atoms with Gasteiger partial charge in [-0.25, -0.2) is 15.0 Å². The summed E-state index contributed by atoms with van der Waals surface area (Å²) in [7, 11) is 0. The molecule has 0 fully saturated rings. The van der Waals surface area contributed by atoms with Crippen LogP contribution in [0.3, 0.4) is 0 Å². The molecule has 0 aliphatic carbocycles. The maximum absolute atomic E-state index is 11.0.